The van der Waals surface area contributed by atoms with E-state index in [4.69, 9.17) is 10.0 Å². The number of carbonyl (C=O) groups excluding carboxylic acids is 1. The Labute approximate surface area is 77.1 Å². The lowest BCUT2D eigenvalue weighted by Crippen LogP contribution is -2.29. The Morgan fingerprint density at radius 3 is 2.46 bits per heavy atom. The number of aldehydes is 1. The molecule has 0 aliphatic rings. The molecule has 0 bridgehead atoms. The van der Waals surface area contributed by atoms with Crippen molar-refractivity contribution in [2.24, 2.45) is 5.73 Å². The molecule has 0 saturated heterocycles. The van der Waals surface area contributed by atoms with Gasteiger partial charge < -0.3 is 15.8 Å². The fourth-order valence-corrected chi connectivity index (χ4v) is 0.793. The van der Waals surface area contributed by atoms with Crippen LogP contribution in [-0.4, -0.2) is 30.5 Å². The maximum atomic E-state index is 10.2. The predicted molar refractivity (Wildman–Crippen MR) is 51.8 cm³/mol. The summed E-state index contributed by atoms with van der Waals surface area (Å²) < 4.78 is 0. The number of hydrogen-bond acceptors (Lipinski definition) is 4. The van der Waals surface area contributed by atoms with Crippen LogP contribution in [0.1, 0.15) is 10.4 Å². The molecule has 0 fully saturated rings. The number of hydrogen-bond donors (Lipinski definition) is 3. The van der Waals surface area contributed by atoms with Crippen molar-refractivity contribution < 1.29 is 14.8 Å². The Morgan fingerprint density at radius 2 is 2.00 bits per heavy atom. The van der Waals surface area contributed by atoms with E-state index in [0.717, 1.165) is 0 Å². The van der Waals surface area contributed by atoms with Crippen LogP contribution < -0.4 is 11.2 Å². The van der Waals surface area contributed by atoms with Crippen molar-refractivity contribution in [3.05, 3.63) is 29.8 Å². The normalized spacial score (nSPS) is 8.31. The molecule has 0 unspecified atom stereocenters. The molecule has 1 rings (SSSR count). The highest BCUT2D eigenvalue weighted by Gasteiger charge is 2.09. The second-order valence-corrected chi connectivity index (χ2v) is 2.16. The van der Waals surface area contributed by atoms with Crippen LogP contribution in [0, 0.1) is 0 Å². The molecule has 70 valence electrons. The SMILES string of the molecule is CN.O=Cc1cccc(B(O)O)c1. The highest BCUT2D eigenvalue weighted by atomic mass is 16.4. The van der Waals surface area contributed by atoms with Gasteiger partial charge >= 0.3 is 7.12 Å². The van der Waals surface area contributed by atoms with Crippen LogP contribution in [0.5, 0.6) is 0 Å². The smallest absolute Gasteiger partial charge is 0.423 e. The summed E-state index contributed by atoms with van der Waals surface area (Å²) in [5.41, 5.74) is 5.27. The molecule has 0 aromatic heterocycles. The maximum absolute atomic E-state index is 10.2. The molecule has 0 radical (unpaired) electrons. The fraction of sp³-hybridized carbons (Fsp3) is 0.125. The molecule has 0 heterocycles. The van der Waals surface area contributed by atoms with Crippen LogP contribution >= 0.6 is 0 Å². The molecule has 1 aromatic carbocycles. The first-order valence-electron chi connectivity index (χ1n) is 3.73. The summed E-state index contributed by atoms with van der Waals surface area (Å²) in [6.45, 7) is 0. The Kier molecular flexibility index (Phi) is 5.79. The molecule has 4 N–H and O–H groups in total. The van der Waals surface area contributed by atoms with E-state index in [1.54, 1.807) is 12.1 Å². The molecule has 1 aromatic rings. The minimum Gasteiger partial charge on any atom is -0.423 e. The van der Waals surface area contributed by atoms with Gasteiger partial charge in [-0.3, -0.25) is 4.79 Å². The Morgan fingerprint density at radius 1 is 1.38 bits per heavy atom. The monoisotopic (exact) mass is 181 g/mol. The third-order valence-electron chi connectivity index (χ3n) is 1.34. The molecule has 5 heteroatoms. The third kappa shape index (κ3) is 3.84. The number of benzene rings is 1. The Hall–Kier alpha value is -1.17. The lowest BCUT2D eigenvalue weighted by atomic mass is 9.80. The van der Waals surface area contributed by atoms with Crippen LogP contribution in [0.4, 0.5) is 0 Å². The Bertz CT molecular complexity index is 265. The lowest BCUT2D eigenvalue weighted by molar-refractivity contribution is 0.112. The summed E-state index contributed by atoms with van der Waals surface area (Å²) in [7, 11) is -0.00472. The predicted octanol–water partition coefficient (Wildman–Crippen LogP) is -1.25. The van der Waals surface area contributed by atoms with E-state index in [1.165, 1.54) is 19.2 Å². The van der Waals surface area contributed by atoms with Gasteiger partial charge in [0, 0.05) is 5.56 Å². The topological polar surface area (TPSA) is 83.6 Å². The fourth-order valence-electron chi connectivity index (χ4n) is 0.793. The number of rotatable bonds is 2. The summed E-state index contributed by atoms with van der Waals surface area (Å²) in [5.74, 6) is 0. The standard InChI is InChI=1S/C7H7BO3.CH5N/c9-5-6-2-1-3-7(4-6)8(10)11;1-2/h1-5,10-11H;2H2,1H3. The van der Waals surface area contributed by atoms with E-state index in [9.17, 15) is 4.79 Å². The second kappa shape index (κ2) is 6.36. The zero-order valence-corrected chi connectivity index (χ0v) is 7.34. The van der Waals surface area contributed by atoms with Gasteiger partial charge in [0.2, 0.25) is 0 Å². The molecule has 0 aliphatic carbocycles. The quantitative estimate of drug-likeness (QED) is 0.393. The van der Waals surface area contributed by atoms with Crippen molar-refractivity contribution in [2.75, 3.05) is 7.05 Å². The van der Waals surface area contributed by atoms with Crippen molar-refractivity contribution in [1.29, 1.82) is 0 Å². The van der Waals surface area contributed by atoms with Gasteiger partial charge in [0.05, 0.1) is 0 Å². The average molecular weight is 181 g/mol. The summed E-state index contributed by atoms with van der Waals surface area (Å²) in [6.07, 6.45) is 0.659. The summed E-state index contributed by atoms with van der Waals surface area (Å²) in [4.78, 5) is 10.2. The van der Waals surface area contributed by atoms with Crippen molar-refractivity contribution in [3.8, 4) is 0 Å². The molecule has 4 nitrogen and oxygen atoms in total. The zero-order valence-electron chi connectivity index (χ0n) is 7.34. The lowest BCUT2D eigenvalue weighted by Gasteiger charge is -1.97. The van der Waals surface area contributed by atoms with Crippen LogP contribution in [0.25, 0.3) is 0 Å². The molecule has 13 heavy (non-hydrogen) atoms. The highest BCUT2D eigenvalue weighted by Crippen LogP contribution is 1.91. The maximum Gasteiger partial charge on any atom is 0.488 e. The van der Waals surface area contributed by atoms with Crippen molar-refractivity contribution in [2.45, 2.75) is 0 Å². The first-order valence-corrected chi connectivity index (χ1v) is 3.73. The highest BCUT2D eigenvalue weighted by molar-refractivity contribution is 6.58. The van der Waals surface area contributed by atoms with Gasteiger partial charge in [-0.05, 0) is 12.5 Å². The van der Waals surface area contributed by atoms with Crippen LogP contribution in [0.3, 0.4) is 0 Å². The van der Waals surface area contributed by atoms with Crippen LogP contribution in [-0.2, 0) is 0 Å². The average Bonchev–Trinajstić information content (AvgIpc) is 2.21. The molecule has 0 atom stereocenters. The van der Waals surface area contributed by atoms with Gasteiger partial charge in [-0.1, -0.05) is 24.3 Å². The Balaban J connectivity index is 0.000000671. The molecule has 0 spiro atoms. The van der Waals surface area contributed by atoms with Crippen LogP contribution in [0.15, 0.2) is 24.3 Å². The second-order valence-electron chi connectivity index (χ2n) is 2.16. The van der Waals surface area contributed by atoms with Gasteiger partial charge in [-0.25, -0.2) is 0 Å². The minimum absolute atomic E-state index is 0.328. The third-order valence-corrected chi connectivity index (χ3v) is 1.34. The van der Waals surface area contributed by atoms with E-state index >= 15 is 0 Å². The van der Waals surface area contributed by atoms with Crippen LogP contribution in [0.2, 0.25) is 0 Å². The van der Waals surface area contributed by atoms with Crippen molar-refractivity contribution >= 4 is 18.9 Å². The summed E-state index contributed by atoms with van der Waals surface area (Å²) >= 11 is 0. The van der Waals surface area contributed by atoms with E-state index < -0.39 is 7.12 Å². The van der Waals surface area contributed by atoms with Gasteiger partial charge in [0.25, 0.3) is 0 Å². The number of nitrogens with two attached hydrogens (primary N) is 1. The minimum atomic E-state index is -1.50. The molecule has 0 saturated carbocycles. The molecule has 0 aliphatic heterocycles. The first kappa shape index (κ1) is 11.8. The van der Waals surface area contributed by atoms with E-state index in [0.29, 0.717) is 17.3 Å². The molecular formula is C8H12BNO3. The van der Waals surface area contributed by atoms with Gasteiger partial charge in [-0.2, -0.15) is 0 Å². The van der Waals surface area contributed by atoms with E-state index in [1.807, 2.05) is 0 Å². The van der Waals surface area contributed by atoms with Gasteiger partial charge in [-0.15, -0.1) is 0 Å². The van der Waals surface area contributed by atoms with Gasteiger partial charge in [0.15, 0.2) is 0 Å². The zero-order chi connectivity index (χ0) is 10.3. The summed E-state index contributed by atoms with van der Waals surface area (Å²) in [5, 5.41) is 17.4. The molecular weight excluding hydrogens is 169 g/mol. The van der Waals surface area contributed by atoms with Gasteiger partial charge in [0.1, 0.15) is 6.29 Å². The first-order chi connectivity index (χ1) is 6.24. The van der Waals surface area contributed by atoms with Crippen molar-refractivity contribution in [1.82, 2.24) is 0 Å². The van der Waals surface area contributed by atoms with E-state index in [-0.39, 0.29) is 0 Å². The number of carbonyl (C=O) groups is 1. The largest absolute Gasteiger partial charge is 0.488 e. The summed E-state index contributed by atoms with van der Waals surface area (Å²) in [6, 6.07) is 6.16. The molecule has 0 amide bonds. The van der Waals surface area contributed by atoms with Crippen molar-refractivity contribution in [3.63, 3.8) is 0 Å². The van der Waals surface area contributed by atoms with E-state index in [2.05, 4.69) is 5.73 Å².